The first-order chi connectivity index (χ1) is 11.2. The topological polar surface area (TPSA) is 35.6 Å². The number of nitrogens with one attached hydrogen (secondary N) is 1. The van der Waals surface area contributed by atoms with E-state index in [-0.39, 0.29) is 11.8 Å². The average molecular weight is 349 g/mol. The van der Waals surface area contributed by atoms with Gasteiger partial charge in [0.25, 0.3) is 0 Å². The number of likely N-dealkylation sites (tertiary alicyclic amines) is 2. The minimum absolute atomic E-state index is 0.000218. The molecule has 0 spiro atoms. The highest BCUT2D eigenvalue weighted by atomic mass is 19.4. The van der Waals surface area contributed by atoms with E-state index in [1.54, 1.807) is 0 Å². The molecule has 0 aromatic heterocycles. The number of piperidine rings is 2. The number of carbonyl (C=O) groups is 1. The van der Waals surface area contributed by atoms with E-state index in [0.717, 1.165) is 19.6 Å². The Hall–Kier alpha value is -0.820. The summed E-state index contributed by atoms with van der Waals surface area (Å²) in [7, 11) is 0. The quantitative estimate of drug-likeness (QED) is 0.828. The first-order valence-electron chi connectivity index (χ1n) is 9.02. The lowest BCUT2D eigenvalue weighted by molar-refractivity contribution is -0.149. The van der Waals surface area contributed by atoms with Gasteiger partial charge >= 0.3 is 6.18 Å². The minimum atomic E-state index is -4.15. The molecular formula is C17H30F3N3O. The van der Waals surface area contributed by atoms with Crippen molar-refractivity contribution >= 4 is 5.91 Å². The molecule has 140 valence electrons. The van der Waals surface area contributed by atoms with Crippen LogP contribution in [0.1, 0.15) is 33.1 Å². The van der Waals surface area contributed by atoms with E-state index in [0.29, 0.717) is 44.3 Å². The molecule has 0 bridgehead atoms. The van der Waals surface area contributed by atoms with Gasteiger partial charge in [-0.1, -0.05) is 13.8 Å². The van der Waals surface area contributed by atoms with Gasteiger partial charge in [0.15, 0.2) is 0 Å². The van der Waals surface area contributed by atoms with Gasteiger partial charge in [0.05, 0.1) is 6.54 Å². The van der Waals surface area contributed by atoms with Crippen LogP contribution in [0.4, 0.5) is 13.2 Å². The number of hydrogen-bond donors (Lipinski definition) is 1. The highest BCUT2D eigenvalue weighted by molar-refractivity contribution is 5.78. The third kappa shape index (κ3) is 6.59. The number of hydrogen-bond acceptors (Lipinski definition) is 3. The number of rotatable bonds is 5. The lowest BCUT2D eigenvalue weighted by Gasteiger charge is -2.35. The highest BCUT2D eigenvalue weighted by Gasteiger charge is 2.33. The summed E-state index contributed by atoms with van der Waals surface area (Å²) in [6.07, 6.45) is -1.86. The molecule has 0 saturated carbocycles. The van der Waals surface area contributed by atoms with Crippen molar-refractivity contribution in [3.63, 3.8) is 0 Å². The summed E-state index contributed by atoms with van der Waals surface area (Å²) >= 11 is 0. The van der Waals surface area contributed by atoms with Crippen LogP contribution in [-0.2, 0) is 4.79 Å². The highest BCUT2D eigenvalue weighted by Crippen LogP contribution is 2.23. The number of halogens is 3. The Morgan fingerprint density at radius 1 is 1.08 bits per heavy atom. The molecule has 24 heavy (non-hydrogen) atoms. The first kappa shape index (κ1) is 19.5. The van der Waals surface area contributed by atoms with Crippen molar-refractivity contribution < 1.29 is 18.0 Å². The predicted octanol–water partition coefficient (Wildman–Crippen LogP) is 2.35. The summed E-state index contributed by atoms with van der Waals surface area (Å²) in [5, 5.41) is 2.97. The van der Waals surface area contributed by atoms with Crippen molar-refractivity contribution in [1.29, 1.82) is 0 Å². The summed E-state index contributed by atoms with van der Waals surface area (Å²) < 4.78 is 37.1. The Morgan fingerprint density at radius 3 is 2.21 bits per heavy atom. The van der Waals surface area contributed by atoms with Crippen molar-refractivity contribution in [2.75, 3.05) is 45.8 Å². The molecule has 1 amide bonds. The van der Waals surface area contributed by atoms with Crippen LogP contribution in [0.5, 0.6) is 0 Å². The van der Waals surface area contributed by atoms with Gasteiger partial charge in [-0.3, -0.25) is 9.69 Å². The molecule has 0 aromatic carbocycles. The molecule has 2 aliphatic heterocycles. The van der Waals surface area contributed by atoms with Gasteiger partial charge in [-0.2, -0.15) is 13.2 Å². The summed E-state index contributed by atoms with van der Waals surface area (Å²) in [6, 6.07) is 0. The maximum absolute atomic E-state index is 12.4. The Kier molecular flexibility index (Phi) is 6.92. The SMILES string of the molecule is C[C@@H]1C[C@H](C)CN(CCNC(=O)C2CCN(CC(F)(F)F)CC2)C1. The number of amides is 1. The van der Waals surface area contributed by atoms with E-state index in [4.69, 9.17) is 0 Å². The van der Waals surface area contributed by atoms with Crippen molar-refractivity contribution in [2.45, 2.75) is 39.3 Å². The smallest absolute Gasteiger partial charge is 0.355 e. The van der Waals surface area contributed by atoms with E-state index in [2.05, 4.69) is 24.1 Å². The Bertz CT molecular complexity index is 398. The van der Waals surface area contributed by atoms with Crippen LogP contribution in [0.15, 0.2) is 0 Å². The van der Waals surface area contributed by atoms with Gasteiger partial charge in [0, 0.05) is 32.1 Å². The fourth-order valence-corrected chi connectivity index (χ4v) is 4.06. The monoisotopic (exact) mass is 349 g/mol. The van der Waals surface area contributed by atoms with Gasteiger partial charge in [0.1, 0.15) is 0 Å². The molecule has 2 rings (SSSR count). The van der Waals surface area contributed by atoms with E-state index < -0.39 is 12.7 Å². The van der Waals surface area contributed by atoms with Gasteiger partial charge in [-0.25, -0.2) is 0 Å². The van der Waals surface area contributed by atoms with E-state index >= 15 is 0 Å². The first-order valence-corrected chi connectivity index (χ1v) is 9.02. The molecule has 2 fully saturated rings. The fourth-order valence-electron chi connectivity index (χ4n) is 4.06. The van der Waals surface area contributed by atoms with Crippen LogP contribution in [0.3, 0.4) is 0 Å². The predicted molar refractivity (Wildman–Crippen MR) is 87.6 cm³/mol. The zero-order valence-electron chi connectivity index (χ0n) is 14.7. The van der Waals surface area contributed by atoms with Gasteiger partial charge in [0.2, 0.25) is 5.91 Å². The number of alkyl halides is 3. The maximum atomic E-state index is 12.4. The maximum Gasteiger partial charge on any atom is 0.401 e. The third-order valence-electron chi connectivity index (χ3n) is 5.03. The van der Waals surface area contributed by atoms with E-state index in [1.807, 2.05) is 0 Å². The third-order valence-corrected chi connectivity index (χ3v) is 5.03. The molecule has 4 nitrogen and oxygen atoms in total. The zero-order chi connectivity index (χ0) is 17.7. The molecule has 0 aromatic rings. The van der Waals surface area contributed by atoms with Crippen LogP contribution >= 0.6 is 0 Å². The molecule has 2 heterocycles. The largest absolute Gasteiger partial charge is 0.401 e. The minimum Gasteiger partial charge on any atom is -0.355 e. The number of carbonyl (C=O) groups excluding carboxylic acids is 1. The number of nitrogens with zero attached hydrogens (tertiary/aromatic N) is 2. The molecule has 0 unspecified atom stereocenters. The van der Waals surface area contributed by atoms with Gasteiger partial charge in [-0.05, 0) is 44.2 Å². The van der Waals surface area contributed by atoms with Crippen molar-refractivity contribution in [3.8, 4) is 0 Å². The summed E-state index contributed by atoms with van der Waals surface area (Å²) in [6.45, 7) is 7.98. The molecule has 2 atom stereocenters. The second kappa shape index (κ2) is 8.52. The van der Waals surface area contributed by atoms with Crippen LogP contribution < -0.4 is 5.32 Å². The van der Waals surface area contributed by atoms with E-state index in [9.17, 15) is 18.0 Å². The molecule has 0 aliphatic carbocycles. The molecule has 2 aliphatic rings. The van der Waals surface area contributed by atoms with Crippen LogP contribution in [0.25, 0.3) is 0 Å². The fraction of sp³-hybridized carbons (Fsp3) is 0.941. The van der Waals surface area contributed by atoms with Gasteiger partial charge < -0.3 is 10.2 Å². The summed E-state index contributed by atoms with van der Waals surface area (Å²) in [5.41, 5.74) is 0. The molecule has 1 N–H and O–H groups in total. The van der Waals surface area contributed by atoms with Crippen LogP contribution in [-0.4, -0.2) is 67.7 Å². The lowest BCUT2D eigenvalue weighted by atomic mass is 9.92. The zero-order valence-corrected chi connectivity index (χ0v) is 14.7. The average Bonchev–Trinajstić information content (AvgIpc) is 2.45. The molecule has 0 radical (unpaired) electrons. The second-order valence-corrected chi connectivity index (χ2v) is 7.66. The van der Waals surface area contributed by atoms with Crippen LogP contribution in [0, 0.1) is 17.8 Å². The van der Waals surface area contributed by atoms with Crippen molar-refractivity contribution in [3.05, 3.63) is 0 Å². The van der Waals surface area contributed by atoms with Crippen molar-refractivity contribution in [1.82, 2.24) is 15.1 Å². The lowest BCUT2D eigenvalue weighted by Crippen LogP contribution is -2.46. The Balaban J connectivity index is 1.63. The Labute approximate surface area is 142 Å². The summed E-state index contributed by atoms with van der Waals surface area (Å²) in [4.78, 5) is 16.0. The van der Waals surface area contributed by atoms with E-state index in [1.165, 1.54) is 11.3 Å². The van der Waals surface area contributed by atoms with Gasteiger partial charge in [-0.15, -0.1) is 0 Å². The molecule has 7 heteroatoms. The Morgan fingerprint density at radius 2 is 1.67 bits per heavy atom. The molecule has 2 saturated heterocycles. The molecular weight excluding hydrogens is 319 g/mol. The standard InChI is InChI=1S/C17H30F3N3O/c1-13-9-14(2)11-23(10-13)8-5-21-16(24)15-3-6-22(7-4-15)12-17(18,19)20/h13-15H,3-12H2,1-2H3,(H,21,24)/t13-,14+. The summed E-state index contributed by atoms with van der Waals surface area (Å²) in [5.74, 6) is 1.25. The van der Waals surface area contributed by atoms with Crippen molar-refractivity contribution in [2.24, 2.45) is 17.8 Å². The van der Waals surface area contributed by atoms with Crippen LogP contribution in [0.2, 0.25) is 0 Å². The second-order valence-electron chi connectivity index (χ2n) is 7.66. The normalized spacial score (nSPS) is 28.0.